The zero-order valence-electron chi connectivity index (χ0n) is 15.4. The van der Waals surface area contributed by atoms with Gasteiger partial charge in [-0.3, -0.25) is 4.79 Å². The van der Waals surface area contributed by atoms with Crippen LogP contribution in [0.15, 0.2) is 21.6 Å². The Hall–Kier alpha value is -2.39. The summed E-state index contributed by atoms with van der Waals surface area (Å²) in [4.78, 5) is 23.7. The third kappa shape index (κ3) is 3.57. The van der Waals surface area contributed by atoms with E-state index < -0.39 is 0 Å². The first-order valence-electron chi connectivity index (χ1n) is 8.86. The quantitative estimate of drug-likeness (QED) is 0.534. The van der Waals surface area contributed by atoms with Crippen LogP contribution in [0.2, 0.25) is 0 Å². The molecule has 0 aliphatic heterocycles. The van der Waals surface area contributed by atoms with Crippen molar-refractivity contribution in [1.82, 2.24) is 30.2 Å². The Morgan fingerprint density at radius 3 is 2.96 bits per heavy atom. The Morgan fingerprint density at radius 2 is 2.22 bits per heavy atom. The van der Waals surface area contributed by atoms with Crippen molar-refractivity contribution in [3.63, 3.8) is 0 Å². The largest absolute Gasteiger partial charge is 0.308 e. The summed E-state index contributed by atoms with van der Waals surface area (Å²) < 4.78 is 0. The van der Waals surface area contributed by atoms with E-state index in [1.165, 1.54) is 9.67 Å². The molecule has 0 bridgehead atoms. The zero-order valence-corrected chi connectivity index (χ0v) is 17.0. The topological polar surface area (TPSA) is 89.3 Å². The molecule has 27 heavy (non-hydrogen) atoms. The predicted molar refractivity (Wildman–Crippen MR) is 108 cm³/mol. The summed E-state index contributed by atoms with van der Waals surface area (Å²) in [5.74, 6) is 1.65. The first kappa shape index (κ1) is 18.0. The number of hydrogen-bond donors (Lipinski definition) is 1. The van der Waals surface area contributed by atoms with Gasteiger partial charge in [-0.1, -0.05) is 20.3 Å². The van der Waals surface area contributed by atoms with Crippen LogP contribution in [0.5, 0.6) is 0 Å². The molecule has 1 atom stereocenters. The highest BCUT2D eigenvalue weighted by Crippen LogP contribution is 2.29. The van der Waals surface area contributed by atoms with Crippen LogP contribution in [0.4, 0.5) is 0 Å². The average molecular weight is 401 g/mol. The van der Waals surface area contributed by atoms with Gasteiger partial charge in [-0.05, 0) is 41.5 Å². The highest BCUT2D eigenvalue weighted by molar-refractivity contribution is 7.18. The molecule has 0 aliphatic rings. The number of fused-ring (bicyclic) bond motifs is 1. The van der Waals surface area contributed by atoms with Crippen LogP contribution in [0.25, 0.3) is 21.6 Å². The second kappa shape index (κ2) is 7.32. The van der Waals surface area contributed by atoms with E-state index in [2.05, 4.69) is 46.1 Å². The highest BCUT2D eigenvalue weighted by Gasteiger charge is 2.17. The Morgan fingerprint density at radius 1 is 1.37 bits per heavy atom. The Balaban J connectivity index is 1.65. The maximum Gasteiger partial charge on any atom is 0.259 e. The molecule has 4 heterocycles. The molecule has 7 nitrogen and oxygen atoms in total. The van der Waals surface area contributed by atoms with Gasteiger partial charge in [0.25, 0.3) is 5.56 Å². The second-order valence-corrected chi connectivity index (χ2v) is 8.69. The van der Waals surface area contributed by atoms with Gasteiger partial charge in [0, 0.05) is 15.8 Å². The van der Waals surface area contributed by atoms with Crippen molar-refractivity contribution in [3.05, 3.63) is 43.4 Å². The summed E-state index contributed by atoms with van der Waals surface area (Å²) in [7, 11) is 0. The van der Waals surface area contributed by atoms with Crippen molar-refractivity contribution in [2.75, 3.05) is 0 Å². The number of aromatic nitrogens is 6. The van der Waals surface area contributed by atoms with Gasteiger partial charge < -0.3 is 4.98 Å². The van der Waals surface area contributed by atoms with E-state index in [0.717, 1.165) is 34.2 Å². The minimum atomic E-state index is -0.0872. The Bertz CT molecular complexity index is 1120. The van der Waals surface area contributed by atoms with Crippen LogP contribution in [-0.2, 0) is 13.0 Å². The molecule has 0 unspecified atom stereocenters. The SMILES string of the molecule is CC[C@H](C)Cc1c(C)sc2nc(Cn3nnc(-c4ccsc4)n3)[nH]c(=O)c12. The van der Waals surface area contributed by atoms with E-state index in [1.54, 1.807) is 22.7 Å². The van der Waals surface area contributed by atoms with Crippen molar-refractivity contribution in [2.45, 2.75) is 40.2 Å². The fraction of sp³-hybridized carbons (Fsp3) is 0.389. The molecule has 0 aromatic carbocycles. The van der Waals surface area contributed by atoms with E-state index in [4.69, 9.17) is 0 Å². The molecule has 4 aromatic rings. The molecule has 0 amide bonds. The fourth-order valence-electron chi connectivity index (χ4n) is 2.98. The first-order valence-corrected chi connectivity index (χ1v) is 10.6. The van der Waals surface area contributed by atoms with Crippen LogP contribution in [0, 0.1) is 12.8 Å². The van der Waals surface area contributed by atoms with Gasteiger partial charge >= 0.3 is 0 Å². The number of aromatic amines is 1. The maximum absolute atomic E-state index is 12.7. The minimum Gasteiger partial charge on any atom is -0.308 e. The van der Waals surface area contributed by atoms with Crippen molar-refractivity contribution < 1.29 is 0 Å². The highest BCUT2D eigenvalue weighted by atomic mass is 32.1. The molecule has 0 saturated carbocycles. The number of tetrazole rings is 1. The molecular formula is C18H20N6OS2. The molecule has 9 heteroatoms. The summed E-state index contributed by atoms with van der Waals surface area (Å²) in [6.07, 6.45) is 1.99. The standard InChI is InChI=1S/C18H20N6OS2/c1-4-10(2)7-13-11(3)27-18-15(13)17(25)19-14(20-18)8-24-22-16(21-23-24)12-5-6-26-9-12/h5-6,9-10H,4,7-8H2,1-3H3,(H,19,20,25)/t10-/m0/s1. The van der Waals surface area contributed by atoms with Crippen LogP contribution in [0.1, 0.15) is 36.5 Å². The van der Waals surface area contributed by atoms with Gasteiger partial charge in [0.1, 0.15) is 17.2 Å². The molecule has 4 rings (SSSR count). The van der Waals surface area contributed by atoms with Crippen molar-refractivity contribution in [2.24, 2.45) is 5.92 Å². The van der Waals surface area contributed by atoms with Crippen molar-refractivity contribution in [3.8, 4) is 11.4 Å². The van der Waals surface area contributed by atoms with E-state index >= 15 is 0 Å². The molecule has 1 N–H and O–H groups in total. The van der Waals surface area contributed by atoms with Crippen LogP contribution < -0.4 is 5.56 Å². The van der Waals surface area contributed by atoms with Gasteiger partial charge in [-0.15, -0.1) is 21.5 Å². The molecule has 0 fully saturated rings. The summed E-state index contributed by atoms with van der Waals surface area (Å²) in [6.45, 7) is 6.72. The smallest absolute Gasteiger partial charge is 0.259 e. The van der Waals surface area contributed by atoms with Gasteiger partial charge in [-0.2, -0.15) is 16.1 Å². The zero-order chi connectivity index (χ0) is 19.0. The number of aryl methyl sites for hydroxylation is 1. The number of nitrogens with one attached hydrogen (secondary N) is 1. The van der Waals surface area contributed by atoms with E-state index in [9.17, 15) is 4.79 Å². The number of thiophene rings is 2. The van der Waals surface area contributed by atoms with Gasteiger partial charge in [0.2, 0.25) is 5.82 Å². The summed E-state index contributed by atoms with van der Waals surface area (Å²) in [5.41, 5.74) is 1.98. The lowest BCUT2D eigenvalue weighted by Crippen LogP contribution is -2.16. The number of H-pyrrole nitrogens is 1. The fourth-order valence-corrected chi connectivity index (χ4v) is 4.69. The predicted octanol–water partition coefficient (Wildman–Crippen LogP) is 3.64. The number of rotatable bonds is 6. The van der Waals surface area contributed by atoms with Crippen LogP contribution in [-0.4, -0.2) is 30.2 Å². The molecule has 0 radical (unpaired) electrons. The first-order chi connectivity index (χ1) is 13.0. The molecule has 140 valence electrons. The van der Waals surface area contributed by atoms with E-state index in [1.807, 2.05) is 16.8 Å². The third-order valence-electron chi connectivity index (χ3n) is 4.68. The normalized spacial score (nSPS) is 12.7. The lowest BCUT2D eigenvalue weighted by molar-refractivity contribution is 0.554. The Labute approximate surface area is 164 Å². The summed E-state index contributed by atoms with van der Waals surface area (Å²) in [6, 6.07) is 1.95. The lowest BCUT2D eigenvalue weighted by Gasteiger charge is -2.08. The van der Waals surface area contributed by atoms with Crippen LogP contribution >= 0.6 is 22.7 Å². The van der Waals surface area contributed by atoms with Gasteiger partial charge in [0.05, 0.1) is 5.39 Å². The van der Waals surface area contributed by atoms with Crippen molar-refractivity contribution in [1.29, 1.82) is 0 Å². The number of hydrogen-bond acceptors (Lipinski definition) is 7. The third-order valence-corrected chi connectivity index (χ3v) is 6.41. The monoisotopic (exact) mass is 400 g/mol. The summed E-state index contributed by atoms with van der Waals surface area (Å²) in [5, 5.41) is 17.2. The van der Waals surface area contributed by atoms with Gasteiger partial charge in [0.15, 0.2) is 0 Å². The number of nitrogens with zero attached hydrogens (tertiary/aromatic N) is 5. The molecule has 0 aliphatic carbocycles. The lowest BCUT2D eigenvalue weighted by atomic mass is 9.98. The molecule has 0 saturated heterocycles. The molecular weight excluding hydrogens is 380 g/mol. The molecule has 4 aromatic heterocycles. The summed E-state index contributed by atoms with van der Waals surface area (Å²) >= 11 is 3.16. The van der Waals surface area contributed by atoms with E-state index in [0.29, 0.717) is 17.6 Å². The average Bonchev–Trinajstić information content (AvgIpc) is 3.36. The van der Waals surface area contributed by atoms with E-state index in [-0.39, 0.29) is 12.1 Å². The minimum absolute atomic E-state index is 0.0872. The van der Waals surface area contributed by atoms with Crippen molar-refractivity contribution >= 4 is 32.9 Å². The maximum atomic E-state index is 12.7. The second-order valence-electron chi connectivity index (χ2n) is 6.70. The van der Waals surface area contributed by atoms with Gasteiger partial charge in [-0.25, -0.2) is 4.98 Å². The molecule has 0 spiro atoms. The Kier molecular flexibility index (Phi) is 4.88. The van der Waals surface area contributed by atoms with Crippen LogP contribution in [0.3, 0.4) is 0 Å².